The van der Waals surface area contributed by atoms with Crippen molar-refractivity contribution >= 4 is 17.5 Å². The maximum atomic E-state index is 12.7. The summed E-state index contributed by atoms with van der Waals surface area (Å²) in [5.41, 5.74) is 1.47. The molecule has 26 heavy (non-hydrogen) atoms. The molecule has 0 atom stereocenters. The van der Waals surface area contributed by atoms with Gasteiger partial charge in [0.2, 0.25) is 11.7 Å². The van der Waals surface area contributed by atoms with Crippen molar-refractivity contribution in [2.45, 2.75) is 26.3 Å². The van der Waals surface area contributed by atoms with E-state index in [1.54, 1.807) is 17.0 Å². The number of amides is 1. The Balaban J connectivity index is 1.69. The highest BCUT2D eigenvalue weighted by molar-refractivity contribution is 6.30. The molecule has 3 aromatic rings. The Morgan fingerprint density at radius 2 is 1.92 bits per heavy atom. The summed E-state index contributed by atoms with van der Waals surface area (Å²) in [6, 6.07) is 16.6. The van der Waals surface area contributed by atoms with Gasteiger partial charge in [-0.2, -0.15) is 4.98 Å². The van der Waals surface area contributed by atoms with Crippen molar-refractivity contribution in [2.75, 3.05) is 6.54 Å². The normalized spacial score (nSPS) is 10.9. The maximum absolute atomic E-state index is 12.7. The number of aromatic nitrogens is 2. The third-order valence-corrected chi connectivity index (χ3v) is 4.26. The molecule has 0 N–H and O–H groups in total. The first-order chi connectivity index (χ1) is 12.5. The van der Waals surface area contributed by atoms with E-state index in [1.165, 1.54) is 0 Å². The SMILES string of the molecule is CC(C)N(CCc1nc(-c2cccc(Cl)c2)no1)C(=O)c1ccccc1. The molecule has 0 aliphatic carbocycles. The van der Waals surface area contributed by atoms with Gasteiger partial charge in [-0.05, 0) is 38.1 Å². The first-order valence-corrected chi connectivity index (χ1v) is 8.87. The van der Waals surface area contributed by atoms with Crippen molar-refractivity contribution < 1.29 is 9.32 Å². The van der Waals surface area contributed by atoms with E-state index < -0.39 is 0 Å². The smallest absolute Gasteiger partial charge is 0.254 e. The summed E-state index contributed by atoms with van der Waals surface area (Å²) in [5, 5.41) is 4.62. The average Bonchev–Trinajstić information content (AvgIpc) is 3.11. The fourth-order valence-electron chi connectivity index (χ4n) is 2.66. The van der Waals surface area contributed by atoms with Crippen LogP contribution in [0.3, 0.4) is 0 Å². The molecule has 0 saturated heterocycles. The molecule has 1 heterocycles. The van der Waals surface area contributed by atoms with Gasteiger partial charge in [-0.15, -0.1) is 0 Å². The van der Waals surface area contributed by atoms with Crippen LogP contribution in [0.25, 0.3) is 11.4 Å². The zero-order valence-corrected chi connectivity index (χ0v) is 15.5. The van der Waals surface area contributed by atoms with Crippen LogP contribution < -0.4 is 0 Å². The fourth-order valence-corrected chi connectivity index (χ4v) is 2.85. The van der Waals surface area contributed by atoms with Gasteiger partial charge in [-0.3, -0.25) is 4.79 Å². The summed E-state index contributed by atoms with van der Waals surface area (Å²) < 4.78 is 5.33. The quantitative estimate of drug-likeness (QED) is 0.642. The van der Waals surface area contributed by atoms with Gasteiger partial charge in [0.25, 0.3) is 5.91 Å². The monoisotopic (exact) mass is 369 g/mol. The molecule has 2 aromatic carbocycles. The predicted molar refractivity (Wildman–Crippen MR) is 101 cm³/mol. The Kier molecular flexibility index (Phi) is 5.68. The van der Waals surface area contributed by atoms with E-state index in [1.807, 2.05) is 56.3 Å². The lowest BCUT2D eigenvalue weighted by molar-refractivity contribution is 0.0704. The molecule has 0 unspecified atom stereocenters. The summed E-state index contributed by atoms with van der Waals surface area (Å²) in [6.45, 7) is 4.49. The molecule has 0 bridgehead atoms. The molecule has 134 valence electrons. The van der Waals surface area contributed by atoms with Gasteiger partial charge in [0.1, 0.15) is 0 Å². The molecular weight excluding hydrogens is 350 g/mol. The Morgan fingerprint density at radius 1 is 1.15 bits per heavy atom. The van der Waals surface area contributed by atoms with Crippen molar-refractivity contribution in [3.05, 3.63) is 71.1 Å². The van der Waals surface area contributed by atoms with E-state index in [0.717, 1.165) is 5.56 Å². The summed E-state index contributed by atoms with van der Waals surface area (Å²) in [6.07, 6.45) is 0.490. The van der Waals surface area contributed by atoms with Crippen molar-refractivity contribution in [1.82, 2.24) is 15.0 Å². The zero-order chi connectivity index (χ0) is 18.5. The fraction of sp³-hybridized carbons (Fsp3) is 0.250. The first kappa shape index (κ1) is 18.1. The van der Waals surface area contributed by atoms with E-state index in [9.17, 15) is 4.79 Å². The van der Waals surface area contributed by atoms with Crippen LogP contribution in [-0.2, 0) is 6.42 Å². The summed E-state index contributed by atoms with van der Waals surface area (Å²) in [7, 11) is 0. The van der Waals surface area contributed by atoms with E-state index in [-0.39, 0.29) is 11.9 Å². The predicted octanol–water partition coefficient (Wildman–Crippen LogP) is 4.48. The number of rotatable bonds is 6. The van der Waals surface area contributed by atoms with Crippen molar-refractivity contribution in [3.63, 3.8) is 0 Å². The number of hydrogen-bond acceptors (Lipinski definition) is 4. The molecular formula is C20H20ClN3O2. The van der Waals surface area contributed by atoms with Crippen LogP contribution in [0.2, 0.25) is 5.02 Å². The summed E-state index contributed by atoms with van der Waals surface area (Å²) in [4.78, 5) is 18.9. The Bertz CT molecular complexity index is 878. The molecule has 0 aliphatic rings. The summed E-state index contributed by atoms with van der Waals surface area (Å²) >= 11 is 6.00. The molecule has 3 rings (SSSR count). The second kappa shape index (κ2) is 8.15. The molecule has 0 spiro atoms. The molecule has 0 saturated carbocycles. The Hall–Kier alpha value is -2.66. The molecule has 1 aromatic heterocycles. The van der Waals surface area contributed by atoms with Gasteiger partial charge in [0, 0.05) is 35.2 Å². The lowest BCUT2D eigenvalue weighted by Gasteiger charge is -2.26. The van der Waals surface area contributed by atoms with Crippen LogP contribution in [0.1, 0.15) is 30.1 Å². The standard InChI is InChI=1S/C20H20ClN3O2/c1-14(2)24(20(25)15-7-4-3-5-8-15)12-11-18-22-19(23-26-18)16-9-6-10-17(21)13-16/h3-10,13-14H,11-12H2,1-2H3. The third kappa shape index (κ3) is 4.29. The number of halogens is 1. The van der Waals surface area contributed by atoms with Crippen LogP contribution in [0, 0.1) is 0 Å². The number of carbonyl (C=O) groups is 1. The van der Waals surface area contributed by atoms with Crippen LogP contribution in [0.15, 0.2) is 59.1 Å². The number of hydrogen-bond donors (Lipinski definition) is 0. The lowest BCUT2D eigenvalue weighted by Crippen LogP contribution is -2.38. The highest BCUT2D eigenvalue weighted by Gasteiger charge is 2.19. The van der Waals surface area contributed by atoms with Crippen LogP contribution in [0.5, 0.6) is 0 Å². The molecule has 0 aliphatic heterocycles. The minimum Gasteiger partial charge on any atom is -0.339 e. The first-order valence-electron chi connectivity index (χ1n) is 8.49. The molecule has 5 nitrogen and oxygen atoms in total. The molecule has 1 amide bonds. The average molecular weight is 370 g/mol. The summed E-state index contributed by atoms with van der Waals surface area (Å²) in [5.74, 6) is 0.981. The third-order valence-electron chi connectivity index (χ3n) is 4.02. The van der Waals surface area contributed by atoms with E-state index >= 15 is 0 Å². The van der Waals surface area contributed by atoms with Gasteiger partial charge in [-0.1, -0.05) is 47.1 Å². The van der Waals surface area contributed by atoms with Gasteiger partial charge in [-0.25, -0.2) is 0 Å². The van der Waals surface area contributed by atoms with Crippen LogP contribution in [0.4, 0.5) is 0 Å². The Labute approximate surface area is 157 Å². The molecule has 0 fully saturated rings. The minimum absolute atomic E-state index is 0.00446. The van der Waals surface area contributed by atoms with E-state index in [2.05, 4.69) is 10.1 Å². The molecule has 0 radical (unpaired) electrons. The minimum atomic E-state index is -0.00446. The highest BCUT2D eigenvalue weighted by Crippen LogP contribution is 2.20. The molecule has 6 heteroatoms. The zero-order valence-electron chi connectivity index (χ0n) is 14.7. The van der Waals surface area contributed by atoms with Crippen LogP contribution >= 0.6 is 11.6 Å². The van der Waals surface area contributed by atoms with E-state index in [4.69, 9.17) is 16.1 Å². The van der Waals surface area contributed by atoms with Gasteiger partial charge < -0.3 is 9.42 Å². The van der Waals surface area contributed by atoms with Crippen LogP contribution in [-0.4, -0.2) is 33.5 Å². The lowest BCUT2D eigenvalue weighted by atomic mass is 10.1. The second-order valence-corrected chi connectivity index (χ2v) is 6.67. The van der Waals surface area contributed by atoms with E-state index in [0.29, 0.717) is 35.3 Å². The van der Waals surface area contributed by atoms with Crippen molar-refractivity contribution in [1.29, 1.82) is 0 Å². The second-order valence-electron chi connectivity index (χ2n) is 6.23. The number of carbonyl (C=O) groups excluding carboxylic acids is 1. The topological polar surface area (TPSA) is 59.2 Å². The van der Waals surface area contributed by atoms with Gasteiger partial charge in [0.05, 0.1) is 0 Å². The van der Waals surface area contributed by atoms with Gasteiger partial charge >= 0.3 is 0 Å². The number of benzene rings is 2. The number of nitrogens with zero attached hydrogens (tertiary/aromatic N) is 3. The van der Waals surface area contributed by atoms with Crippen molar-refractivity contribution in [3.8, 4) is 11.4 Å². The highest BCUT2D eigenvalue weighted by atomic mass is 35.5. The van der Waals surface area contributed by atoms with Crippen molar-refractivity contribution in [2.24, 2.45) is 0 Å². The largest absolute Gasteiger partial charge is 0.339 e. The maximum Gasteiger partial charge on any atom is 0.254 e. The van der Waals surface area contributed by atoms with Gasteiger partial charge in [0.15, 0.2) is 0 Å². The Morgan fingerprint density at radius 3 is 2.62 bits per heavy atom.